The largest absolute Gasteiger partial charge is 0.336 e. The minimum absolute atomic E-state index is 0.0532. The fourth-order valence-electron chi connectivity index (χ4n) is 3.53. The fourth-order valence-corrected chi connectivity index (χ4v) is 3.71. The van der Waals surface area contributed by atoms with E-state index in [4.69, 9.17) is 11.6 Å². The summed E-state index contributed by atoms with van der Waals surface area (Å²) in [6.45, 7) is 3.47. The first kappa shape index (κ1) is 17.7. The SMILES string of the molecule is CCc1c(C(=O)N2CC(Cc3cnn(C)c3)C2)nnn1-c1cccc(Cl)c1. The lowest BCUT2D eigenvalue weighted by Crippen LogP contribution is -2.51. The average molecular weight is 385 g/mol. The molecule has 3 heterocycles. The van der Waals surface area contributed by atoms with Gasteiger partial charge in [0.05, 0.1) is 17.6 Å². The molecule has 2 aromatic heterocycles. The van der Waals surface area contributed by atoms with Crippen molar-refractivity contribution in [2.45, 2.75) is 19.8 Å². The normalized spacial score (nSPS) is 14.4. The van der Waals surface area contributed by atoms with Crippen molar-refractivity contribution in [3.05, 3.63) is 58.6 Å². The zero-order valence-corrected chi connectivity index (χ0v) is 16.1. The first-order valence-corrected chi connectivity index (χ1v) is 9.40. The molecule has 0 atom stereocenters. The molecule has 4 rings (SSSR count). The molecule has 1 aromatic carbocycles. The van der Waals surface area contributed by atoms with Gasteiger partial charge in [-0.3, -0.25) is 9.48 Å². The van der Waals surface area contributed by atoms with E-state index in [1.54, 1.807) is 9.36 Å². The molecule has 1 saturated heterocycles. The molecule has 0 unspecified atom stereocenters. The Labute approximate surface area is 162 Å². The molecule has 3 aromatic rings. The van der Waals surface area contributed by atoms with Gasteiger partial charge < -0.3 is 4.90 Å². The van der Waals surface area contributed by atoms with E-state index in [0.29, 0.717) is 23.1 Å². The predicted molar refractivity (Wildman–Crippen MR) is 102 cm³/mol. The average Bonchev–Trinajstić information content (AvgIpc) is 3.23. The number of rotatable bonds is 5. The highest BCUT2D eigenvalue weighted by Crippen LogP contribution is 2.24. The Morgan fingerprint density at radius 2 is 2.15 bits per heavy atom. The zero-order valence-electron chi connectivity index (χ0n) is 15.3. The van der Waals surface area contributed by atoms with Gasteiger partial charge in [0, 0.05) is 31.4 Å². The second-order valence-electron chi connectivity index (χ2n) is 6.93. The highest BCUT2D eigenvalue weighted by Gasteiger charge is 2.34. The number of amides is 1. The molecule has 0 bridgehead atoms. The van der Waals surface area contributed by atoms with Crippen molar-refractivity contribution in [3.8, 4) is 5.69 Å². The highest BCUT2D eigenvalue weighted by atomic mass is 35.5. The van der Waals surface area contributed by atoms with Gasteiger partial charge in [-0.1, -0.05) is 29.8 Å². The zero-order chi connectivity index (χ0) is 19.0. The molecular weight excluding hydrogens is 364 g/mol. The lowest BCUT2D eigenvalue weighted by atomic mass is 9.93. The summed E-state index contributed by atoms with van der Waals surface area (Å²) in [6.07, 6.45) is 5.51. The molecule has 0 radical (unpaired) electrons. The molecule has 1 aliphatic heterocycles. The van der Waals surface area contributed by atoms with Crippen LogP contribution < -0.4 is 0 Å². The van der Waals surface area contributed by atoms with E-state index >= 15 is 0 Å². The maximum absolute atomic E-state index is 12.9. The summed E-state index contributed by atoms with van der Waals surface area (Å²) in [4.78, 5) is 14.7. The number of aryl methyl sites for hydroxylation is 1. The van der Waals surface area contributed by atoms with Crippen molar-refractivity contribution in [3.63, 3.8) is 0 Å². The fraction of sp³-hybridized carbons (Fsp3) is 0.368. The van der Waals surface area contributed by atoms with E-state index in [0.717, 1.165) is 30.9 Å². The summed E-state index contributed by atoms with van der Waals surface area (Å²) in [7, 11) is 1.91. The summed E-state index contributed by atoms with van der Waals surface area (Å²) >= 11 is 6.08. The van der Waals surface area contributed by atoms with Gasteiger partial charge in [0.25, 0.3) is 5.91 Å². The summed E-state index contributed by atoms with van der Waals surface area (Å²) < 4.78 is 3.50. The lowest BCUT2D eigenvalue weighted by Gasteiger charge is -2.38. The van der Waals surface area contributed by atoms with Crippen molar-refractivity contribution in [2.24, 2.45) is 13.0 Å². The van der Waals surface area contributed by atoms with Gasteiger partial charge in [-0.05, 0) is 42.5 Å². The Kier molecular flexibility index (Phi) is 4.70. The Balaban J connectivity index is 1.47. The number of carbonyl (C=O) groups excluding carboxylic acids is 1. The molecule has 8 heteroatoms. The van der Waals surface area contributed by atoms with Crippen LogP contribution in [0.3, 0.4) is 0 Å². The number of hydrogen-bond donors (Lipinski definition) is 0. The van der Waals surface area contributed by atoms with Crippen LogP contribution >= 0.6 is 11.6 Å². The second kappa shape index (κ2) is 7.15. The maximum Gasteiger partial charge on any atom is 0.276 e. The molecule has 0 spiro atoms. The number of carbonyl (C=O) groups is 1. The number of aromatic nitrogens is 5. The van der Waals surface area contributed by atoms with Gasteiger partial charge in [-0.15, -0.1) is 5.10 Å². The minimum Gasteiger partial charge on any atom is -0.336 e. The molecule has 0 aliphatic carbocycles. The topological polar surface area (TPSA) is 68.8 Å². The quantitative estimate of drug-likeness (QED) is 0.677. The van der Waals surface area contributed by atoms with Gasteiger partial charge in [0.15, 0.2) is 5.69 Å². The van der Waals surface area contributed by atoms with Crippen molar-refractivity contribution in [1.82, 2.24) is 29.7 Å². The first-order chi connectivity index (χ1) is 13.0. The van der Waals surface area contributed by atoms with Crippen LogP contribution in [0.2, 0.25) is 5.02 Å². The highest BCUT2D eigenvalue weighted by molar-refractivity contribution is 6.30. The van der Waals surface area contributed by atoms with Crippen LogP contribution in [0.4, 0.5) is 0 Å². The molecule has 7 nitrogen and oxygen atoms in total. The number of nitrogens with zero attached hydrogens (tertiary/aromatic N) is 6. The number of halogens is 1. The van der Waals surface area contributed by atoms with Crippen LogP contribution in [-0.2, 0) is 19.9 Å². The van der Waals surface area contributed by atoms with Crippen LogP contribution in [0.5, 0.6) is 0 Å². The van der Waals surface area contributed by atoms with Crippen molar-refractivity contribution >= 4 is 17.5 Å². The molecule has 1 fully saturated rings. The third-order valence-corrected chi connectivity index (χ3v) is 5.12. The molecular formula is C19H21ClN6O. The van der Waals surface area contributed by atoms with E-state index in [-0.39, 0.29) is 5.91 Å². The van der Waals surface area contributed by atoms with E-state index in [1.807, 2.05) is 55.5 Å². The number of hydrogen-bond acceptors (Lipinski definition) is 4. The molecule has 27 heavy (non-hydrogen) atoms. The predicted octanol–water partition coefficient (Wildman–Crippen LogP) is 2.53. The summed E-state index contributed by atoms with van der Waals surface area (Å²) in [6, 6.07) is 7.39. The van der Waals surface area contributed by atoms with E-state index in [2.05, 4.69) is 15.4 Å². The van der Waals surface area contributed by atoms with Crippen LogP contribution in [0.1, 0.15) is 28.7 Å². The smallest absolute Gasteiger partial charge is 0.276 e. The molecule has 0 N–H and O–H groups in total. The molecule has 140 valence electrons. The van der Waals surface area contributed by atoms with Crippen LogP contribution in [0, 0.1) is 5.92 Å². The standard InChI is InChI=1S/C19H21ClN6O/c1-3-17-18(22-23-26(17)16-6-4-5-15(20)8-16)19(27)25-11-14(12-25)7-13-9-21-24(2)10-13/h4-6,8-10,14H,3,7,11-12H2,1-2H3. The Hall–Kier alpha value is -2.67. The third kappa shape index (κ3) is 3.47. The van der Waals surface area contributed by atoms with E-state index < -0.39 is 0 Å². The summed E-state index contributed by atoms with van der Waals surface area (Å²) in [5, 5.41) is 13.2. The maximum atomic E-state index is 12.9. The third-order valence-electron chi connectivity index (χ3n) is 4.88. The van der Waals surface area contributed by atoms with Gasteiger partial charge in [0.1, 0.15) is 0 Å². The van der Waals surface area contributed by atoms with Gasteiger partial charge in [-0.25, -0.2) is 4.68 Å². The number of likely N-dealkylation sites (tertiary alicyclic amines) is 1. The van der Waals surface area contributed by atoms with Gasteiger partial charge >= 0.3 is 0 Å². The summed E-state index contributed by atoms with van der Waals surface area (Å²) in [5.41, 5.74) is 3.25. The van der Waals surface area contributed by atoms with E-state index in [1.165, 1.54) is 5.56 Å². The van der Waals surface area contributed by atoms with Crippen molar-refractivity contribution in [2.75, 3.05) is 13.1 Å². The van der Waals surface area contributed by atoms with Crippen LogP contribution in [0.25, 0.3) is 5.69 Å². The van der Waals surface area contributed by atoms with Gasteiger partial charge in [0.2, 0.25) is 0 Å². The lowest BCUT2D eigenvalue weighted by molar-refractivity contribution is 0.0494. The molecule has 1 aliphatic rings. The van der Waals surface area contributed by atoms with Crippen molar-refractivity contribution in [1.29, 1.82) is 0 Å². The minimum atomic E-state index is -0.0532. The Bertz CT molecular complexity index is 972. The molecule has 0 saturated carbocycles. The Morgan fingerprint density at radius 1 is 1.33 bits per heavy atom. The molecule has 1 amide bonds. The summed E-state index contributed by atoms with van der Waals surface area (Å²) in [5.74, 6) is 0.411. The van der Waals surface area contributed by atoms with E-state index in [9.17, 15) is 4.79 Å². The van der Waals surface area contributed by atoms with Crippen LogP contribution in [0.15, 0.2) is 36.7 Å². The Morgan fingerprint density at radius 3 is 2.81 bits per heavy atom. The van der Waals surface area contributed by atoms with Crippen molar-refractivity contribution < 1.29 is 4.79 Å². The monoisotopic (exact) mass is 384 g/mol. The number of benzene rings is 1. The van der Waals surface area contributed by atoms with Crippen LogP contribution in [-0.4, -0.2) is 48.7 Å². The van der Waals surface area contributed by atoms with Gasteiger partial charge in [-0.2, -0.15) is 5.10 Å². The second-order valence-corrected chi connectivity index (χ2v) is 7.37. The first-order valence-electron chi connectivity index (χ1n) is 9.02.